The first kappa shape index (κ1) is 10.3. The van der Waals surface area contributed by atoms with Gasteiger partial charge in [0.2, 0.25) is 0 Å². The van der Waals surface area contributed by atoms with Gasteiger partial charge in [0.15, 0.2) is 0 Å². The molecule has 0 aromatic heterocycles. The van der Waals surface area contributed by atoms with Crippen LogP contribution in [0.2, 0.25) is 0 Å². The van der Waals surface area contributed by atoms with Gasteiger partial charge < -0.3 is 0 Å². The second kappa shape index (κ2) is 4.42. The van der Waals surface area contributed by atoms with Crippen molar-refractivity contribution in [1.29, 1.82) is 0 Å². The lowest BCUT2D eigenvalue weighted by molar-refractivity contribution is 0.674. The largest absolute Gasteiger partial charge is 0.245 e. The van der Waals surface area contributed by atoms with E-state index in [2.05, 4.69) is 4.36 Å². The Labute approximate surface area is 80.2 Å². The minimum absolute atomic E-state index is 0.646. The van der Waals surface area contributed by atoms with Crippen molar-refractivity contribution in [2.24, 2.45) is 4.36 Å². The Morgan fingerprint density at radius 2 is 1.92 bits per heavy atom. The van der Waals surface area contributed by atoms with Gasteiger partial charge >= 0.3 is 0 Å². The Bertz CT molecular complexity index is 364. The Morgan fingerprint density at radius 3 is 2.38 bits per heavy atom. The highest BCUT2D eigenvalue weighted by atomic mass is 32.2. The van der Waals surface area contributed by atoms with Gasteiger partial charge in [-0.05, 0) is 18.6 Å². The molecule has 0 N–H and O–H groups in total. The summed E-state index contributed by atoms with van der Waals surface area (Å²) >= 11 is 0. The molecule has 72 valence electrons. The third-order valence-electron chi connectivity index (χ3n) is 1.89. The summed E-state index contributed by atoms with van der Waals surface area (Å²) in [5, 5.41) is 0. The van der Waals surface area contributed by atoms with Crippen molar-refractivity contribution in [3.05, 3.63) is 30.3 Å². The molecule has 1 aromatic carbocycles. The van der Waals surface area contributed by atoms with Crippen molar-refractivity contribution >= 4 is 9.73 Å². The van der Waals surface area contributed by atoms with Gasteiger partial charge in [-0.25, -0.2) is 8.57 Å². The average Bonchev–Trinajstić information content (AvgIpc) is 2.19. The van der Waals surface area contributed by atoms with Crippen LogP contribution in [-0.2, 0) is 9.73 Å². The lowest BCUT2D eigenvalue weighted by Gasteiger charge is -2.07. The first-order chi connectivity index (χ1) is 6.23. The Morgan fingerprint density at radius 1 is 1.31 bits per heavy atom. The lowest BCUT2D eigenvalue weighted by Crippen LogP contribution is -2.05. The zero-order chi connectivity index (χ0) is 9.73. The van der Waals surface area contributed by atoms with E-state index in [0.717, 1.165) is 11.3 Å². The van der Waals surface area contributed by atoms with Gasteiger partial charge in [0.05, 0.1) is 9.73 Å². The molecule has 1 aromatic rings. The van der Waals surface area contributed by atoms with Gasteiger partial charge in [0.25, 0.3) is 0 Å². The van der Waals surface area contributed by atoms with Crippen molar-refractivity contribution in [2.75, 3.05) is 12.8 Å². The Kier molecular flexibility index (Phi) is 3.48. The summed E-state index contributed by atoms with van der Waals surface area (Å²) in [6.45, 7) is 2.02. The fourth-order valence-corrected chi connectivity index (χ4v) is 2.99. The first-order valence-corrected chi connectivity index (χ1v) is 6.09. The molecule has 0 saturated carbocycles. The summed E-state index contributed by atoms with van der Waals surface area (Å²) in [5.41, 5.74) is 0. The fraction of sp³-hybridized carbons (Fsp3) is 0.400. The maximum atomic E-state index is 12.2. The fourth-order valence-electron chi connectivity index (χ4n) is 1.22. The van der Waals surface area contributed by atoms with E-state index in [0.29, 0.717) is 5.75 Å². The zero-order valence-corrected chi connectivity index (χ0v) is 8.88. The van der Waals surface area contributed by atoms with Crippen LogP contribution in [0.1, 0.15) is 13.3 Å². The van der Waals surface area contributed by atoms with Crippen LogP contribution in [0.25, 0.3) is 0 Å². The maximum absolute atomic E-state index is 12.2. The number of hydrogen-bond acceptors (Lipinski definition) is 2. The highest BCUT2D eigenvalue weighted by molar-refractivity contribution is 7.93. The second-order valence-corrected chi connectivity index (χ2v) is 5.37. The van der Waals surface area contributed by atoms with E-state index in [4.69, 9.17) is 0 Å². The van der Waals surface area contributed by atoms with E-state index in [1.807, 2.05) is 37.3 Å². The van der Waals surface area contributed by atoms with Crippen LogP contribution in [0.4, 0.5) is 0 Å². The third-order valence-corrected chi connectivity index (χ3v) is 4.45. The normalized spacial score (nSPS) is 14.9. The lowest BCUT2D eigenvalue weighted by atomic mass is 10.4. The summed E-state index contributed by atoms with van der Waals surface area (Å²) in [4.78, 5) is 0.847. The molecule has 0 bridgehead atoms. The molecule has 0 spiro atoms. The van der Waals surface area contributed by atoms with Crippen LogP contribution in [0.5, 0.6) is 0 Å². The molecule has 1 unspecified atom stereocenters. The van der Waals surface area contributed by atoms with E-state index >= 15 is 0 Å². The van der Waals surface area contributed by atoms with E-state index in [1.165, 1.54) is 0 Å². The molecule has 3 heteroatoms. The van der Waals surface area contributed by atoms with Crippen molar-refractivity contribution < 1.29 is 4.21 Å². The van der Waals surface area contributed by atoms with Gasteiger partial charge in [-0.2, -0.15) is 0 Å². The van der Waals surface area contributed by atoms with Gasteiger partial charge in [-0.15, -0.1) is 0 Å². The van der Waals surface area contributed by atoms with Crippen LogP contribution >= 0.6 is 0 Å². The van der Waals surface area contributed by atoms with Gasteiger partial charge in [0, 0.05) is 17.7 Å². The summed E-state index contributed by atoms with van der Waals surface area (Å²) in [5.74, 6) is 0.646. The molecule has 0 aliphatic carbocycles. The molecule has 13 heavy (non-hydrogen) atoms. The van der Waals surface area contributed by atoms with Crippen molar-refractivity contribution in [2.45, 2.75) is 18.2 Å². The maximum Gasteiger partial charge on any atom is 0.0749 e. The van der Waals surface area contributed by atoms with Crippen LogP contribution < -0.4 is 0 Å². The number of benzene rings is 1. The molecule has 2 nitrogen and oxygen atoms in total. The van der Waals surface area contributed by atoms with E-state index in [9.17, 15) is 4.21 Å². The first-order valence-electron chi connectivity index (χ1n) is 4.41. The molecule has 0 aliphatic heterocycles. The molecule has 1 atom stereocenters. The smallest absolute Gasteiger partial charge is 0.0749 e. The summed E-state index contributed by atoms with van der Waals surface area (Å²) in [6, 6.07) is 9.48. The van der Waals surface area contributed by atoms with Crippen molar-refractivity contribution in [3.8, 4) is 0 Å². The SMILES string of the molecule is CCCS(=O)(=NC)c1ccccc1. The van der Waals surface area contributed by atoms with E-state index < -0.39 is 9.73 Å². The third kappa shape index (κ3) is 2.31. The standard InChI is InChI=1S/C10H15NOS/c1-3-9-13(12,11-2)10-7-5-4-6-8-10/h4-8H,3,9H2,1-2H3. The summed E-state index contributed by atoms with van der Waals surface area (Å²) in [7, 11) is -0.501. The Hall–Kier alpha value is -0.830. The molecule has 0 amide bonds. The highest BCUT2D eigenvalue weighted by Crippen LogP contribution is 2.13. The molecule has 0 saturated heterocycles. The molecular weight excluding hydrogens is 182 g/mol. The van der Waals surface area contributed by atoms with Gasteiger partial charge in [-0.3, -0.25) is 0 Å². The zero-order valence-electron chi connectivity index (χ0n) is 8.06. The molecule has 0 heterocycles. The van der Waals surface area contributed by atoms with Crippen LogP contribution in [0.3, 0.4) is 0 Å². The predicted octanol–water partition coefficient (Wildman–Crippen LogP) is 2.55. The Balaban J connectivity index is 3.13. The van der Waals surface area contributed by atoms with E-state index in [-0.39, 0.29) is 0 Å². The minimum atomic E-state index is -2.13. The quantitative estimate of drug-likeness (QED) is 0.732. The molecule has 0 aliphatic rings. The minimum Gasteiger partial charge on any atom is -0.245 e. The predicted molar refractivity (Wildman–Crippen MR) is 56.4 cm³/mol. The molecule has 0 radical (unpaired) electrons. The molecular formula is C10H15NOS. The molecule has 1 rings (SSSR count). The summed E-state index contributed by atoms with van der Waals surface area (Å²) < 4.78 is 16.2. The van der Waals surface area contributed by atoms with Crippen LogP contribution in [0, 0.1) is 0 Å². The van der Waals surface area contributed by atoms with Gasteiger partial charge in [-0.1, -0.05) is 25.1 Å². The van der Waals surface area contributed by atoms with Gasteiger partial charge in [0.1, 0.15) is 0 Å². The highest BCUT2D eigenvalue weighted by Gasteiger charge is 2.08. The topological polar surface area (TPSA) is 29.4 Å². The number of nitrogens with zero attached hydrogens (tertiary/aromatic N) is 1. The summed E-state index contributed by atoms with van der Waals surface area (Å²) in [6.07, 6.45) is 0.894. The number of hydrogen-bond donors (Lipinski definition) is 0. The second-order valence-electron chi connectivity index (χ2n) is 2.84. The molecule has 0 fully saturated rings. The van der Waals surface area contributed by atoms with Crippen LogP contribution in [0.15, 0.2) is 39.6 Å². The van der Waals surface area contributed by atoms with E-state index in [1.54, 1.807) is 7.05 Å². The van der Waals surface area contributed by atoms with Crippen LogP contribution in [-0.4, -0.2) is 17.0 Å². The van der Waals surface area contributed by atoms with Crippen molar-refractivity contribution in [1.82, 2.24) is 0 Å². The van der Waals surface area contributed by atoms with Crippen molar-refractivity contribution in [3.63, 3.8) is 0 Å². The monoisotopic (exact) mass is 197 g/mol. The average molecular weight is 197 g/mol. The number of rotatable bonds is 3.